The summed E-state index contributed by atoms with van der Waals surface area (Å²) in [5.41, 5.74) is 1.95. The maximum Gasteiger partial charge on any atom is 0.257 e. The number of amides is 1. The molecule has 0 spiro atoms. The van der Waals surface area contributed by atoms with Gasteiger partial charge >= 0.3 is 0 Å². The Bertz CT molecular complexity index is 641. The largest absolute Gasteiger partial charge is 0.354 e. The van der Waals surface area contributed by atoms with Crippen LogP contribution in [0.15, 0.2) is 9.95 Å². The van der Waals surface area contributed by atoms with Gasteiger partial charge in [-0.3, -0.25) is 14.2 Å². The molecule has 0 radical (unpaired) electrons. The average molecular weight is 321 g/mol. The fourth-order valence-electron chi connectivity index (χ4n) is 3.11. The summed E-state index contributed by atoms with van der Waals surface area (Å²) in [7, 11) is 0. The number of thioether (sulfide) groups is 1. The number of hydrogen-bond donors (Lipinski definition) is 1. The van der Waals surface area contributed by atoms with Crippen molar-refractivity contribution in [3.63, 3.8) is 0 Å². The minimum Gasteiger partial charge on any atom is -0.354 e. The van der Waals surface area contributed by atoms with Crippen molar-refractivity contribution in [1.29, 1.82) is 0 Å². The van der Waals surface area contributed by atoms with E-state index < -0.39 is 0 Å². The minimum atomic E-state index is -0.0590. The van der Waals surface area contributed by atoms with Crippen LogP contribution >= 0.6 is 11.8 Å². The summed E-state index contributed by atoms with van der Waals surface area (Å²) in [6.07, 6.45) is 5.21. The van der Waals surface area contributed by atoms with E-state index in [1.165, 1.54) is 0 Å². The first-order valence-corrected chi connectivity index (χ1v) is 9.15. The predicted octanol–water partition coefficient (Wildman–Crippen LogP) is 2.07. The number of aromatic nitrogens is 2. The van der Waals surface area contributed by atoms with Gasteiger partial charge in [-0.1, -0.05) is 18.7 Å². The van der Waals surface area contributed by atoms with E-state index in [0.29, 0.717) is 6.42 Å². The lowest BCUT2D eigenvalue weighted by atomic mass is 9.97. The molecule has 5 nitrogen and oxygen atoms in total. The van der Waals surface area contributed by atoms with E-state index in [-0.39, 0.29) is 23.6 Å². The number of carbonyl (C=O) groups is 1. The van der Waals surface area contributed by atoms with E-state index in [0.717, 1.165) is 54.3 Å². The highest BCUT2D eigenvalue weighted by Gasteiger charge is 2.30. The first kappa shape index (κ1) is 15.6. The minimum absolute atomic E-state index is 0.0254. The Morgan fingerprint density at radius 1 is 1.45 bits per heavy atom. The van der Waals surface area contributed by atoms with Crippen molar-refractivity contribution in [3.8, 4) is 0 Å². The molecule has 1 N–H and O–H groups in total. The average Bonchev–Trinajstić information content (AvgIpc) is 2.90. The fraction of sp³-hybridized carbons (Fsp3) is 0.688. The molecule has 2 aliphatic rings. The molecule has 6 heteroatoms. The molecule has 1 amide bonds. The molecule has 0 saturated heterocycles. The Hall–Kier alpha value is -1.30. The van der Waals surface area contributed by atoms with E-state index in [1.54, 1.807) is 16.3 Å². The third kappa shape index (κ3) is 2.93. The fourth-order valence-corrected chi connectivity index (χ4v) is 4.27. The maximum atomic E-state index is 12.8. The zero-order chi connectivity index (χ0) is 15.7. The Kier molecular flexibility index (Phi) is 4.57. The van der Waals surface area contributed by atoms with Crippen LogP contribution in [0.3, 0.4) is 0 Å². The molecule has 3 rings (SSSR count). The Labute approximate surface area is 134 Å². The van der Waals surface area contributed by atoms with Crippen molar-refractivity contribution in [2.75, 3.05) is 5.75 Å². The Balaban J connectivity index is 1.82. The third-order valence-electron chi connectivity index (χ3n) is 4.56. The standard InChI is InChI=1S/C16H23N3O2S/c1-3-10(2)17-14(20)8-11-9-22-16-18-13-7-5-4-6-12(13)15(21)19(11)16/h10-11H,3-9H2,1-2H3,(H,17,20). The van der Waals surface area contributed by atoms with Gasteiger partial charge in [-0.15, -0.1) is 0 Å². The lowest BCUT2D eigenvalue weighted by Crippen LogP contribution is -2.36. The van der Waals surface area contributed by atoms with Crippen molar-refractivity contribution in [3.05, 3.63) is 21.6 Å². The molecule has 2 heterocycles. The first-order chi connectivity index (χ1) is 10.6. The second-order valence-corrected chi connectivity index (χ2v) is 7.23. The molecule has 1 aliphatic heterocycles. The normalized spacial score (nSPS) is 21.1. The van der Waals surface area contributed by atoms with Crippen LogP contribution in [0, 0.1) is 0 Å². The van der Waals surface area contributed by atoms with Gasteiger partial charge in [-0.2, -0.15) is 0 Å². The van der Waals surface area contributed by atoms with Gasteiger partial charge in [0.05, 0.1) is 11.7 Å². The number of nitrogens with one attached hydrogen (secondary N) is 1. The monoisotopic (exact) mass is 321 g/mol. The topological polar surface area (TPSA) is 64.0 Å². The van der Waals surface area contributed by atoms with Gasteiger partial charge < -0.3 is 5.32 Å². The molecule has 1 aromatic rings. The van der Waals surface area contributed by atoms with Crippen molar-refractivity contribution < 1.29 is 4.79 Å². The molecule has 0 aromatic carbocycles. The summed E-state index contributed by atoms with van der Waals surface area (Å²) in [5.74, 6) is 0.788. The Morgan fingerprint density at radius 3 is 3.00 bits per heavy atom. The second kappa shape index (κ2) is 6.44. The molecule has 1 aromatic heterocycles. The summed E-state index contributed by atoms with van der Waals surface area (Å²) in [6, 6.07) is 0.121. The van der Waals surface area contributed by atoms with Gasteiger partial charge in [0.25, 0.3) is 5.56 Å². The number of nitrogens with zero attached hydrogens (tertiary/aromatic N) is 2. The second-order valence-electron chi connectivity index (χ2n) is 6.25. The van der Waals surface area contributed by atoms with Gasteiger partial charge in [-0.05, 0) is 39.0 Å². The predicted molar refractivity (Wildman–Crippen MR) is 87.4 cm³/mol. The van der Waals surface area contributed by atoms with Gasteiger partial charge in [-0.25, -0.2) is 4.98 Å². The van der Waals surface area contributed by atoms with Gasteiger partial charge in [0.15, 0.2) is 5.16 Å². The highest BCUT2D eigenvalue weighted by atomic mass is 32.2. The molecule has 2 atom stereocenters. The zero-order valence-electron chi connectivity index (χ0n) is 13.2. The molecule has 0 bridgehead atoms. The number of rotatable bonds is 4. The summed E-state index contributed by atoms with van der Waals surface area (Å²) >= 11 is 1.60. The van der Waals surface area contributed by atoms with Crippen LogP contribution in [0.4, 0.5) is 0 Å². The van der Waals surface area contributed by atoms with Crippen molar-refractivity contribution in [2.24, 2.45) is 0 Å². The molecule has 120 valence electrons. The number of fused-ring (bicyclic) bond motifs is 2. The van der Waals surface area contributed by atoms with E-state index in [1.807, 2.05) is 13.8 Å². The molecular formula is C16H23N3O2S. The summed E-state index contributed by atoms with van der Waals surface area (Å²) in [5, 5.41) is 3.78. The van der Waals surface area contributed by atoms with Crippen LogP contribution in [0.25, 0.3) is 0 Å². The van der Waals surface area contributed by atoms with E-state index in [2.05, 4.69) is 10.3 Å². The molecular weight excluding hydrogens is 298 g/mol. The van der Waals surface area contributed by atoms with Gasteiger partial charge in [0.1, 0.15) is 0 Å². The van der Waals surface area contributed by atoms with E-state index in [9.17, 15) is 9.59 Å². The molecule has 1 aliphatic carbocycles. The van der Waals surface area contributed by atoms with Crippen molar-refractivity contribution in [1.82, 2.24) is 14.9 Å². The van der Waals surface area contributed by atoms with Crippen molar-refractivity contribution >= 4 is 17.7 Å². The maximum absolute atomic E-state index is 12.8. The number of aryl methyl sites for hydroxylation is 1. The van der Waals surface area contributed by atoms with Gasteiger partial charge in [0.2, 0.25) is 5.91 Å². The first-order valence-electron chi connectivity index (χ1n) is 8.16. The van der Waals surface area contributed by atoms with Crippen LogP contribution in [0.1, 0.15) is 56.8 Å². The zero-order valence-corrected chi connectivity index (χ0v) is 14.0. The summed E-state index contributed by atoms with van der Waals surface area (Å²) in [6.45, 7) is 4.05. The number of carbonyl (C=O) groups excluding carboxylic acids is 1. The number of hydrogen-bond acceptors (Lipinski definition) is 4. The van der Waals surface area contributed by atoms with Crippen LogP contribution in [-0.4, -0.2) is 27.3 Å². The van der Waals surface area contributed by atoms with Crippen molar-refractivity contribution in [2.45, 2.75) is 69.6 Å². The summed E-state index contributed by atoms with van der Waals surface area (Å²) in [4.78, 5) is 29.6. The lowest BCUT2D eigenvalue weighted by Gasteiger charge is -2.19. The smallest absolute Gasteiger partial charge is 0.257 e. The van der Waals surface area contributed by atoms with E-state index >= 15 is 0 Å². The SMILES string of the molecule is CCC(C)NC(=O)CC1CSc2nc3c(c(=O)n21)CCCC3. The molecule has 0 saturated carbocycles. The molecule has 0 fully saturated rings. The molecule has 22 heavy (non-hydrogen) atoms. The highest BCUT2D eigenvalue weighted by Crippen LogP contribution is 2.33. The van der Waals surface area contributed by atoms with Gasteiger partial charge in [0, 0.05) is 23.8 Å². The Morgan fingerprint density at radius 2 is 2.23 bits per heavy atom. The van der Waals surface area contributed by atoms with Crippen LogP contribution in [0.2, 0.25) is 0 Å². The highest BCUT2D eigenvalue weighted by molar-refractivity contribution is 7.99. The van der Waals surface area contributed by atoms with Crippen LogP contribution < -0.4 is 10.9 Å². The molecule has 2 unspecified atom stereocenters. The quantitative estimate of drug-likeness (QED) is 0.862. The van der Waals surface area contributed by atoms with Crippen LogP contribution in [-0.2, 0) is 17.6 Å². The summed E-state index contributed by atoms with van der Waals surface area (Å²) < 4.78 is 1.77. The van der Waals surface area contributed by atoms with E-state index in [4.69, 9.17) is 0 Å². The lowest BCUT2D eigenvalue weighted by molar-refractivity contribution is -0.122. The third-order valence-corrected chi connectivity index (χ3v) is 5.66. The van der Waals surface area contributed by atoms with Crippen LogP contribution in [0.5, 0.6) is 0 Å².